The van der Waals surface area contributed by atoms with E-state index in [0.717, 1.165) is 42.5 Å². The molecule has 2 aromatic rings. The number of fused-ring (bicyclic) bond motifs is 1. The molecule has 1 aliphatic carbocycles. The molecular weight excluding hydrogens is 387 g/mol. The Morgan fingerprint density at radius 3 is 2.59 bits per heavy atom. The number of carbonyl (C=O) groups is 2. The zero-order valence-electron chi connectivity index (χ0n) is 15.5. The second-order valence-electron chi connectivity index (χ2n) is 7.25. The normalized spacial score (nSPS) is 21.4. The minimum atomic E-state index is -4.40. The van der Waals surface area contributed by atoms with Crippen molar-refractivity contribution in [1.82, 2.24) is 5.32 Å². The van der Waals surface area contributed by atoms with E-state index in [-0.39, 0.29) is 5.92 Å². The molecule has 1 saturated heterocycles. The molecule has 0 bridgehead atoms. The summed E-state index contributed by atoms with van der Waals surface area (Å²) in [6.07, 6.45) is -3.66. The number of aryl methyl sites for hydroxylation is 2. The number of carbonyl (C=O) groups excluding carboxylic acids is 2. The first-order chi connectivity index (χ1) is 13.7. The number of hydrogen-bond acceptors (Lipinski definition) is 4. The lowest BCUT2D eigenvalue weighted by molar-refractivity contribution is -0.137. The van der Waals surface area contributed by atoms with E-state index >= 15 is 0 Å². The first-order valence-electron chi connectivity index (χ1n) is 9.22. The van der Waals surface area contributed by atoms with Crippen LogP contribution in [0.3, 0.4) is 0 Å². The maximum atomic E-state index is 12.8. The molecule has 1 fully saturated rings. The molecule has 0 spiro atoms. The predicted octanol–water partition coefficient (Wildman–Crippen LogP) is 4.86. The van der Waals surface area contributed by atoms with Gasteiger partial charge < -0.3 is 9.47 Å². The van der Waals surface area contributed by atoms with E-state index in [0.29, 0.717) is 17.1 Å². The van der Waals surface area contributed by atoms with Crippen LogP contribution in [0.1, 0.15) is 41.0 Å². The molecule has 5 nitrogen and oxygen atoms in total. The first-order valence-corrected chi connectivity index (χ1v) is 9.22. The van der Waals surface area contributed by atoms with Crippen molar-refractivity contribution in [3.05, 3.63) is 58.7 Å². The van der Waals surface area contributed by atoms with Gasteiger partial charge in [-0.3, -0.25) is 10.1 Å². The molecule has 1 heterocycles. The maximum Gasteiger partial charge on any atom is 0.416 e. The molecule has 2 amide bonds. The molecule has 0 radical (unpaired) electrons. The number of imide groups is 1. The summed E-state index contributed by atoms with van der Waals surface area (Å²) in [5.41, 5.74) is 1.55. The van der Waals surface area contributed by atoms with Crippen LogP contribution in [0.5, 0.6) is 11.5 Å². The summed E-state index contributed by atoms with van der Waals surface area (Å²) in [6.45, 7) is 1.56. The van der Waals surface area contributed by atoms with Crippen LogP contribution in [0, 0.1) is 6.92 Å². The second-order valence-corrected chi connectivity index (χ2v) is 7.25. The number of hydrogen-bond donors (Lipinski definition) is 1. The molecule has 29 heavy (non-hydrogen) atoms. The zero-order chi connectivity index (χ0) is 20.8. The lowest BCUT2D eigenvalue weighted by atomic mass is 9.79. The van der Waals surface area contributed by atoms with Crippen LogP contribution in [0.15, 0.2) is 36.4 Å². The summed E-state index contributed by atoms with van der Waals surface area (Å²) >= 11 is 0. The highest BCUT2D eigenvalue weighted by molar-refractivity contribution is 6.00. The Balaban J connectivity index is 1.57. The Morgan fingerprint density at radius 2 is 1.93 bits per heavy atom. The fourth-order valence-electron chi connectivity index (χ4n) is 3.91. The minimum absolute atomic E-state index is 0.230. The van der Waals surface area contributed by atoms with E-state index < -0.39 is 29.8 Å². The van der Waals surface area contributed by atoms with E-state index in [1.807, 2.05) is 12.1 Å². The number of rotatable bonds is 3. The van der Waals surface area contributed by atoms with Gasteiger partial charge >= 0.3 is 12.3 Å². The van der Waals surface area contributed by atoms with Gasteiger partial charge in [-0.1, -0.05) is 6.07 Å². The van der Waals surface area contributed by atoms with E-state index in [1.165, 1.54) is 6.07 Å². The first kappa shape index (κ1) is 19.3. The fraction of sp³-hybridized carbons (Fsp3) is 0.333. The van der Waals surface area contributed by atoms with Crippen molar-refractivity contribution in [1.29, 1.82) is 0 Å². The smallest absolute Gasteiger partial charge is 0.416 e. The summed E-state index contributed by atoms with van der Waals surface area (Å²) in [4.78, 5) is 23.3. The molecule has 2 aromatic carbocycles. The third kappa shape index (κ3) is 3.79. The molecule has 0 unspecified atom stereocenters. The molecule has 4 rings (SSSR count). The van der Waals surface area contributed by atoms with E-state index in [2.05, 4.69) is 5.32 Å². The van der Waals surface area contributed by atoms with Crippen LogP contribution in [0.2, 0.25) is 0 Å². The fourth-order valence-corrected chi connectivity index (χ4v) is 3.91. The van der Waals surface area contributed by atoms with Crippen LogP contribution in [-0.4, -0.2) is 18.1 Å². The Kier molecular flexibility index (Phi) is 4.72. The van der Waals surface area contributed by atoms with Crippen LogP contribution in [0.25, 0.3) is 0 Å². The van der Waals surface area contributed by atoms with Crippen LogP contribution in [0.4, 0.5) is 18.0 Å². The Labute approximate surface area is 164 Å². The number of alkyl halides is 3. The average molecular weight is 405 g/mol. The van der Waals surface area contributed by atoms with Crippen LogP contribution >= 0.6 is 0 Å². The minimum Gasteiger partial charge on any atom is -0.457 e. The highest BCUT2D eigenvalue weighted by Gasteiger charge is 2.41. The maximum absolute atomic E-state index is 12.8. The van der Waals surface area contributed by atoms with E-state index in [4.69, 9.17) is 9.47 Å². The topological polar surface area (TPSA) is 64.6 Å². The van der Waals surface area contributed by atoms with E-state index in [9.17, 15) is 22.8 Å². The molecule has 1 aliphatic heterocycles. The average Bonchev–Trinajstić information content (AvgIpc) is 3.00. The molecule has 2 aliphatic rings. The number of cyclic esters (lactones) is 1. The predicted molar refractivity (Wildman–Crippen MR) is 96.8 cm³/mol. The lowest BCUT2D eigenvalue weighted by Crippen LogP contribution is -2.31. The standard InChI is InChI=1S/C21H18F3NO4/c1-11-9-13(21(22,23)24)5-8-17(11)28-14-6-7-15-12(10-14)3-2-4-16(15)18-19(26)25-20(27)29-18/h5-10,16,18H,2-4H2,1H3,(H,25,26,27)/t16-,18+/m1/s1. The molecule has 1 N–H and O–H groups in total. The molecule has 152 valence electrons. The van der Waals surface area contributed by atoms with Crippen molar-refractivity contribution in [2.24, 2.45) is 0 Å². The summed E-state index contributed by atoms with van der Waals surface area (Å²) in [5.74, 6) is 0.176. The lowest BCUT2D eigenvalue weighted by Gasteiger charge is -2.28. The molecule has 0 aromatic heterocycles. The summed E-state index contributed by atoms with van der Waals surface area (Å²) in [7, 11) is 0. The number of alkyl carbamates (subject to hydrolysis) is 1. The third-order valence-electron chi connectivity index (χ3n) is 5.29. The number of benzene rings is 2. The van der Waals surface area contributed by atoms with Gasteiger partial charge in [-0.25, -0.2) is 4.79 Å². The number of ether oxygens (including phenoxy) is 2. The number of amides is 2. The molecule has 8 heteroatoms. The van der Waals surface area contributed by atoms with Gasteiger partial charge in [0.15, 0.2) is 6.10 Å². The van der Waals surface area contributed by atoms with Gasteiger partial charge in [0.2, 0.25) is 0 Å². The molecule has 2 atom stereocenters. The Morgan fingerprint density at radius 1 is 1.14 bits per heavy atom. The molecule has 0 saturated carbocycles. The Bertz CT molecular complexity index is 986. The van der Waals surface area contributed by atoms with Crippen molar-refractivity contribution in [2.75, 3.05) is 0 Å². The largest absolute Gasteiger partial charge is 0.457 e. The second kappa shape index (κ2) is 7.09. The van der Waals surface area contributed by atoms with Gasteiger partial charge in [-0.05, 0) is 73.2 Å². The third-order valence-corrected chi connectivity index (χ3v) is 5.29. The van der Waals surface area contributed by atoms with Crippen molar-refractivity contribution in [3.8, 4) is 11.5 Å². The van der Waals surface area contributed by atoms with Crippen LogP contribution in [-0.2, 0) is 22.1 Å². The number of halogens is 3. The highest BCUT2D eigenvalue weighted by Crippen LogP contribution is 2.39. The van der Waals surface area contributed by atoms with Gasteiger partial charge in [0, 0.05) is 5.92 Å². The summed E-state index contributed by atoms with van der Waals surface area (Å²) in [5, 5.41) is 2.16. The van der Waals surface area contributed by atoms with Gasteiger partial charge in [-0.2, -0.15) is 13.2 Å². The highest BCUT2D eigenvalue weighted by atomic mass is 19.4. The van der Waals surface area contributed by atoms with Crippen molar-refractivity contribution in [3.63, 3.8) is 0 Å². The van der Waals surface area contributed by atoms with Crippen LogP contribution < -0.4 is 10.1 Å². The summed E-state index contributed by atoms with van der Waals surface area (Å²) < 4.78 is 49.4. The van der Waals surface area contributed by atoms with Gasteiger partial charge in [0.05, 0.1) is 5.56 Å². The Hall–Kier alpha value is -3.03. The van der Waals surface area contributed by atoms with Gasteiger partial charge in [-0.15, -0.1) is 0 Å². The quantitative estimate of drug-likeness (QED) is 0.792. The van der Waals surface area contributed by atoms with Gasteiger partial charge in [0.25, 0.3) is 5.91 Å². The zero-order valence-corrected chi connectivity index (χ0v) is 15.5. The monoisotopic (exact) mass is 405 g/mol. The SMILES string of the molecule is Cc1cc(C(F)(F)F)ccc1Oc1ccc2c(c1)CCC[C@H]2[C@@H]1OC(=O)NC1=O. The van der Waals surface area contributed by atoms with Crippen molar-refractivity contribution in [2.45, 2.75) is 44.4 Å². The summed E-state index contributed by atoms with van der Waals surface area (Å²) in [6, 6.07) is 8.72. The van der Waals surface area contributed by atoms with Crippen molar-refractivity contribution < 1.29 is 32.2 Å². The van der Waals surface area contributed by atoms with Gasteiger partial charge in [0.1, 0.15) is 11.5 Å². The molecular formula is C21H18F3NO4. The van der Waals surface area contributed by atoms with E-state index in [1.54, 1.807) is 13.0 Å². The van der Waals surface area contributed by atoms with Crippen molar-refractivity contribution >= 4 is 12.0 Å². The number of nitrogens with one attached hydrogen (secondary N) is 1.